The van der Waals surface area contributed by atoms with Crippen LogP contribution >= 0.6 is 0 Å². The fourth-order valence-corrected chi connectivity index (χ4v) is 3.45. The molecular weight excluding hydrogens is 286 g/mol. The molecule has 1 aromatic carbocycles. The predicted octanol–water partition coefficient (Wildman–Crippen LogP) is 1.50. The van der Waals surface area contributed by atoms with Gasteiger partial charge in [0.05, 0.1) is 19.7 Å². The van der Waals surface area contributed by atoms with E-state index in [1.165, 1.54) is 0 Å². The van der Waals surface area contributed by atoms with Gasteiger partial charge in [0.2, 0.25) is 0 Å². The molecule has 0 amide bonds. The summed E-state index contributed by atoms with van der Waals surface area (Å²) in [6.45, 7) is 5.67. The monoisotopic (exact) mass is 309 g/mol. The molecule has 2 fully saturated rings. The number of hydroxylamine groups is 2. The van der Waals surface area contributed by atoms with Crippen molar-refractivity contribution in [1.82, 2.24) is 5.06 Å². The van der Waals surface area contributed by atoms with E-state index < -0.39 is 23.5 Å². The molecular formula is C16H23NO5. The molecule has 0 radical (unpaired) electrons. The van der Waals surface area contributed by atoms with E-state index in [2.05, 4.69) is 0 Å². The second kappa shape index (κ2) is 5.18. The molecule has 0 aromatic heterocycles. The zero-order valence-corrected chi connectivity index (χ0v) is 13.3. The zero-order valence-electron chi connectivity index (χ0n) is 13.3. The van der Waals surface area contributed by atoms with Crippen LogP contribution in [0.3, 0.4) is 0 Å². The molecule has 2 aliphatic heterocycles. The average Bonchev–Trinajstić information content (AvgIpc) is 2.88. The van der Waals surface area contributed by atoms with Gasteiger partial charge in [-0.2, -0.15) is 5.06 Å². The molecule has 1 aromatic rings. The summed E-state index contributed by atoms with van der Waals surface area (Å²) in [6.07, 6.45) is -0.646. The largest absolute Gasteiger partial charge is 0.497 e. The van der Waals surface area contributed by atoms with Gasteiger partial charge >= 0.3 is 0 Å². The van der Waals surface area contributed by atoms with E-state index in [1.54, 1.807) is 38.3 Å². The van der Waals surface area contributed by atoms with Crippen molar-refractivity contribution in [2.45, 2.75) is 50.4 Å². The Balaban J connectivity index is 1.89. The summed E-state index contributed by atoms with van der Waals surface area (Å²) in [5, 5.41) is 22.4. The first-order valence-corrected chi connectivity index (χ1v) is 7.43. The summed E-state index contributed by atoms with van der Waals surface area (Å²) in [6, 6.07) is 6.55. The average molecular weight is 309 g/mol. The summed E-state index contributed by atoms with van der Waals surface area (Å²) < 4.78 is 16.8. The first kappa shape index (κ1) is 15.7. The molecule has 2 heterocycles. The lowest BCUT2D eigenvalue weighted by molar-refractivity contribution is -0.226. The summed E-state index contributed by atoms with van der Waals surface area (Å²) in [7, 11) is 1.59. The Labute approximate surface area is 130 Å². The number of aliphatic hydroxyl groups is 1. The van der Waals surface area contributed by atoms with Crippen LogP contribution in [0.1, 0.15) is 26.3 Å². The van der Waals surface area contributed by atoms with E-state index in [0.717, 1.165) is 5.06 Å². The van der Waals surface area contributed by atoms with Gasteiger partial charge in [-0.15, -0.1) is 0 Å². The fraction of sp³-hybridized carbons (Fsp3) is 0.625. The van der Waals surface area contributed by atoms with Gasteiger partial charge in [-0.05, 0) is 38.5 Å². The van der Waals surface area contributed by atoms with Crippen molar-refractivity contribution >= 4 is 0 Å². The highest BCUT2D eigenvalue weighted by Gasteiger charge is 2.58. The number of benzene rings is 1. The van der Waals surface area contributed by atoms with Crippen molar-refractivity contribution in [3.05, 3.63) is 29.8 Å². The van der Waals surface area contributed by atoms with Crippen LogP contribution in [0, 0.1) is 0 Å². The third-order valence-electron chi connectivity index (χ3n) is 4.47. The van der Waals surface area contributed by atoms with Gasteiger partial charge in [-0.25, -0.2) is 0 Å². The number of rotatable bonds is 3. The molecule has 0 aliphatic carbocycles. The van der Waals surface area contributed by atoms with Crippen molar-refractivity contribution in [2.24, 2.45) is 0 Å². The summed E-state index contributed by atoms with van der Waals surface area (Å²) in [5.41, 5.74) is -0.601. The van der Waals surface area contributed by atoms with E-state index in [0.29, 0.717) is 17.9 Å². The quantitative estimate of drug-likeness (QED) is 0.881. The summed E-state index contributed by atoms with van der Waals surface area (Å²) in [5.74, 6) is 0.0106. The predicted molar refractivity (Wildman–Crippen MR) is 78.7 cm³/mol. The van der Waals surface area contributed by atoms with Crippen LogP contribution in [-0.4, -0.2) is 53.1 Å². The minimum Gasteiger partial charge on any atom is -0.497 e. The Morgan fingerprint density at radius 3 is 2.50 bits per heavy atom. The lowest BCUT2D eigenvalue weighted by atomic mass is 9.85. The third kappa shape index (κ3) is 2.51. The van der Waals surface area contributed by atoms with Crippen LogP contribution < -0.4 is 4.74 Å². The maximum Gasteiger partial charge on any atom is 0.163 e. The molecule has 6 heteroatoms. The lowest BCUT2D eigenvalue weighted by Crippen LogP contribution is -2.51. The molecule has 122 valence electrons. The zero-order chi connectivity index (χ0) is 16.1. The molecule has 0 saturated carbocycles. The number of methoxy groups -OCH3 is 1. The first-order chi connectivity index (χ1) is 10.2. The van der Waals surface area contributed by atoms with Crippen LogP contribution in [0.4, 0.5) is 0 Å². The van der Waals surface area contributed by atoms with Crippen LogP contribution in [0.15, 0.2) is 24.3 Å². The minimum atomic E-state index is -1.29. The SMILES string of the molecule is COc1ccc([C@](C)(O)[C@H]2[C@@H]3OC(C)(C)O[C@@H]3CN2O)cc1. The molecule has 22 heavy (non-hydrogen) atoms. The molecule has 0 unspecified atom stereocenters. The molecule has 4 atom stereocenters. The van der Waals surface area contributed by atoms with Gasteiger partial charge < -0.3 is 24.5 Å². The summed E-state index contributed by atoms with van der Waals surface area (Å²) in [4.78, 5) is 0. The lowest BCUT2D eigenvalue weighted by Gasteiger charge is -2.37. The Bertz CT molecular complexity index is 542. The Hall–Kier alpha value is -1.18. The van der Waals surface area contributed by atoms with Gasteiger partial charge in [0, 0.05) is 0 Å². The second-order valence-electron chi connectivity index (χ2n) is 6.58. The maximum atomic E-state index is 11.1. The van der Waals surface area contributed by atoms with Crippen molar-refractivity contribution in [2.75, 3.05) is 13.7 Å². The molecule has 2 N–H and O–H groups in total. The highest BCUT2D eigenvalue weighted by Crippen LogP contribution is 2.42. The topological polar surface area (TPSA) is 71.4 Å². The van der Waals surface area contributed by atoms with Gasteiger partial charge in [0.15, 0.2) is 5.79 Å². The maximum absolute atomic E-state index is 11.1. The van der Waals surface area contributed by atoms with E-state index in [4.69, 9.17) is 14.2 Å². The molecule has 2 saturated heterocycles. The fourth-order valence-electron chi connectivity index (χ4n) is 3.45. The molecule has 2 aliphatic rings. The number of fused-ring (bicyclic) bond motifs is 1. The Morgan fingerprint density at radius 1 is 1.27 bits per heavy atom. The highest BCUT2D eigenvalue weighted by atomic mass is 16.8. The number of hydrogen-bond donors (Lipinski definition) is 2. The van der Waals surface area contributed by atoms with Crippen molar-refractivity contribution in [3.8, 4) is 5.75 Å². The Morgan fingerprint density at radius 2 is 1.91 bits per heavy atom. The van der Waals surface area contributed by atoms with Crippen LogP contribution in [-0.2, 0) is 15.1 Å². The third-order valence-corrected chi connectivity index (χ3v) is 4.47. The van der Waals surface area contributed by atoms with E-state index in [9.17, 15) is 10.3 Å². The van der Waals surface area contributed by atoms with Crippen molar-refractivity contribution in [1.29, 1.82) is 0 Å². The van der Waals surface area contributed by atoms with Gasteiger partial charge in [0.25, 0.3) is 0 Å². The van der Waals surface area contributed by atoms with Crippen LogP contribution in [0.25, 0.3) is 0 Å². The van der Waals surface area contributed by atoms with Crippen LogP contribution in [0.5, 0.6) is 5.75 Å². The van der Waals surface area contributed by atoms with Crippen LogP contribution in [0.2, 0.25) is 0 Å². The highest BCUT2D eigenvalue weighted by molar-refractivity contribution is 5.32. The molecule has 6 nitrogen and oxygen atoms in total. The standard InChI is InChI=1S/C16H23NO5/c1-15(2)21-12-9-17(19)14(13(12)22-15)16(3,18)10-5-7-11(20-4)8-6-10/h5-8,12-14,18-19H,9H2,1-4H3/t12-,13-,14-,16+/m1/s1. The number of nitrogens with zero attached hydrogens (tertiary/aromatic N) is 1. The molecule has 3 rings (SSSR count). The minimum absolute atomic E-state index is 0.255. The molecule has 0 bridgehead atoms. The normalized spacial score (nSPS) is 33.5. The van der Waals surface area contributed by atoms with E-state index in [1.807, 2.05) is 13.8 Å². The number of ether oxygens (including phenoxy) is 3. The van der Waals surface area contributed by atoms with Gasteiger partial charge in [-0.1, -0.05) is 12.1 Å². The molecule has 0 spiro atoms. The van der Waals surface area contributed by atoms with E-state index >= 15 is 0 Å². The summed E-state index contributed by atoms with van der Waals surface area (Å²) >= 11 is 0. The number of hydrogen-bond acceptors (Lipinski definition) is 6. The van der Waals surface area contributed by atoms with Crippen molar-refractivity contribution < 1.29 is 24.5 Å². The second-order valence-corrected chi connectivity index (χ2v) is 6.58. The first-order valence-electron chi connectivity index (χ1n) is 7.43. The van der Waals surface area contributed by atoms with E-state index in [-0.39, 0.29) is 6.10 Å². The Kier molecular flexibility index (Phi) is 3.70. The van der Waals surface area contributed by atoms with Crippen molar-refractivity contribution in [3.63, 3.8) is 0 Å². The van der Waals surface area contributed by atoms with Gasteiger partial charge in [-0.3, -0.25) is 0 Å². The smallest absolute Gasteiger partial charge is 0.163 e. The van der Waals surface area contributed by atoms with Gasteiger partial charge in [0.1, 0.15) is 23.6 Å².